The fourth-order valence-electron chi connectivity index (χ4n) is 5.24. The first-order valence-corrected chi connectivity index (χ1v) is 15.0. The van der Waals surface area contributed by atoms with Crippen LogP contribution in [0.2, 0.25) is 0 Å². The normalized spacial score (nSPS) is 16.1. The van der Waals surface area contributed by atoms with Gasteiger partial charge in [-0.3, -0.25) is 4.90 Å². The standard InChI is InChI=1S/C36H39N7/c1-4-10-34(11-5-1)28-41-25-22-38(31-41)19-16-37(17-20-39-23-26-42(32-39)29-35-12-6-2-7-13-35)18-21-40-24-27-43(33-40)30-36-14-8-3-9-15-36/h1-15,22-27H,16-21,28-30H2. The van der Waals surface area contributed by atoms with Gasteiger partial charge in [-0.05, 0) is 16.7 Å². The third-order valence-electron chi connectivity index (χ3n) is 7.61. The van der Waals surface area contributed by atoms with Crippen molar-refractivity contribution in [3.63, 3.8) is 0 Å². The number of nitrogens with zero attached hydrogens (tertiary/aromatic N) is 7. The third kappa shape index (κ3) is 8.82. The Morgan fingerprint density at radius 2 is 0.651 bits per heavy atom. The Hall–Kier alpha value is -4.36. The van der Waals surface area contributed by atoms with Crippen LogP contribution in [0, 0.1) is 20.0 Å². The molecule has 3 aromatic carbocycles. The second kappa shape index (κ2) is 14.7. The lowest BCUT2D eigenvalue weighted by molar-refractivity contribution is 0.200. The highest BCUT2D eigenvalue weighted by Gasteiger charge is 2.20. The lowest BCUT2D eigenvalue weighted by Crippen LogP contribution is -2.40. The van der Waals surface area contributed by atoms with E-state index in [2.05, 4.69) is 183 Å². The van der Waals surface area contributed by atoms with Crippen molar-refractivity contribution in [3.8, 4) is 0 Å². The molecular weight excluding hydrogens is 530 g/mol. The molecule has 3 aromatic rings. The van der Waals surface area contributed by atoms with Crippen molar-refractivity contribution >= 4 is 0 Å². The van der Waals surface area contributed by atoms with Gasteiger partial charge in [-0.2, -0.15) is 0 Å². The van der Waals surface area contributed by atoms with Gasteiger partial charge in [0.05, 0.1) is 0 Å². The largest absolute Gasteiger partial charge is 0.345 e. The monoisotopic (exact) mass is 569 g/mol. The number of benzene rings is 3. The fraction of sp³-hybridized carbons (Fsp3) is 0.250. The average molecular weight is 570 g/mol. The van der Waals surface area contributed by atoms with Gasteiger partial charge >= 0.3 is 0 Å². The highest BCUT2D eigenvalue weighted by atomic mass is 15.4. The quantitative estimate of drug-likeness (QED) is 0.250. The second-order valence-corrected chi connectivity index (χ2v) is 11.0. The van der Waals surface area contributed by atoms with Crippen LogP contribution < -0.4 is 0 Å². The Balaban J connectivity index is 0.976. The van der Waals surface area contributed by atoms with Gasteiger partial charge in [0, 0.05) is 96.1 Å². The summed E-state index contributed by atoms with van der Waals surface area (Å²) in [5.74, 6) is 0. The Kier molecular flexibility index (Phi) is 9.82. The maximum absolute atomic E-state index is 3.49. The predicted octanol–water partition coefficient (Wildman–Crippen LogP) is 5.14. The molecule has 3 heterocycles. The van der Waals surface area contributed by atoms with Gasteiger partial charge in [0.25, 0.3) is 0 Å². The minimum atomic E-state index is 0.830. The molecule has 3 aliphatic heterocycles. The first-order valence-electron chi connectivity index (χ1n) is 15.0. The van der Waals surface area contributed by atoms with E-state index in [4.69, 9.17) is 0 Å². The molecule has 0 aromatic heterocycles. The maximum atomic E-state index is 3.49. The van der Waals surface area contributed by atoms with Crippen LogP contribution in [-0.4, -0.2) is 73.6 Å². The third-order valence-corrected chi connectivity index (χ3v) is 7.61. The summed E-state index contributed by atoms with van der Waals surface area (Å²) in [4.78, 5) is 15.4. The Labute approximate surface area is 257 Å². The Morgan fingerprint density at radius 1 is 0.372 bits per heavy atom. The SMILES string of the molecule is [C]1N(CCN(CCN2[C]N(Cc3ccccc3)C=C2)CCN2[C]N(Cc3ccccc3)C=C2)C=CN1Cc1ccccc1. The maximum Gasteiger partial charge on any atom is 0.208 e. The van der Waals surface area contributed by atoms with Crippen molar-refractivity contribution in [2.24, 2.45) is 0 Å². The summed E-state index contributed by atoms with van der Waals surface area (Å²) in [5.41, 5.74) is 3.84. The van der Waals surface area contributed by atoms with Crippen molar-refractivity contribution < 1.29 is 0 Å². The highest BCUT2D eigenvalue weighted by molar-refractivity contribution is 5.18. The summed E-state index contributed by atoms with van der Waals surface area (Å²) in [5, 5.41) is 0. The van der Waals surface area contributed by atoms with Crippen molar-refractivity contribution in [2.75, 3.05) is 39.3 Å². The van der Waals surface area contributed by atoms with E-state index < -0.39 is 0 Å². The molecule has 6 rings (SSSR count). The van der Waals surface area contributed by atoms with Gasteiger partial charge in [0.2, 0.25) is 20.0 Å². The lowest BCUT2D eigenvalue weighted by Gasteiger charge is -2.29. The fourth-order valence-corrected chi connectivity index (χ4v) is 5.24. The first kappa shape index (κ1) is 28.7. The number of hydrogen-bond acceptors (Lipinski definition) is 7. The molecule has 3 aliphatic rings. The van der Waals surface area contributed by atoms with Crippen molar-refractivity contribution in [1.29, 1.82) is 0 Å². The summed E-state index contributed by atoms with van der Waals surface area (Å²) in [6.45, 7) is 18.4. The van der Waals surface area contributed by atoms with E-state index in [0.29, 0.717) is 0 Å². The van der Waals surface area contributed by atoms with E-state index in [0.717, 1.165) is 58.9 Å². The van der Waals surface area contributed by atoms with E-state index in [-0.39, 0.29) is 0 Å². The summed E-state index contributed by atoms with van der Waals surface area (Å²) < 4.78 is 0. The van der Waals surface area contributed by atoms with E-state index in [1.807, 2.05) is 0 Å². The molecule has 43 heavy (non-hydrogen) atoms. The lowest BCUT2D eigenvalue weighted by atomic mass is 10.2. The smallest absolute Gasteiger partial charge is 0.208 e. The number of rotatable bonds is 15. The van der Waals surface area contributed by atoms with Crippen molar-refractivity contribution in [3.05, 3.63) is 165 Å². The summed E-state index contributed by atoms with van der Waals surface area (Å²) in [7, 11) is 0. The summed E-state index contributed by atoms with van der Waals surface area (Å²) in [6, 6.07) is 31.6. The highest BCUT2D eigenvalue weighted by Crippen LogP contribution is 2.18. The molecule has 7 nitrogen and oxygen atoms in total. The molecule has 0 fully saturated rings. The summed E-state index contributed by atoms with van der Waals surface area (Å²) in [6.07, 6.45) is 12.7. The van der Waals surface area contributed by atoms with Gasteiger partial charge in [0.15, 0.2) is 0 Å². The van der Waals surface area contributed by atoms with Gasteiger partial charge in [-0.1, -0.05) is 91.0 Å². The van der Waals surface area contributed by atoms with Crippen LogP contribution in [0.5, 0.6) is 0 Å². The van der Waals surface area contributed by atoms with Gasteiger partial charge in [-0.25, -0.2) is 0 Å². The Bertz CT molecular complexity index is 1160. The van der Waals surface area contributed by atoms with Crippen LogP contribution in [0.15, 0.2) is 128 Å². The molecule has 0 unspecified atom stereocenters. The van der Waals surface area contributed by atoms with Crippen molar-refractivity contribution in [1.82, 2.24) is 34.3 Å². The molecule has 0 aliphatic carbocycles. The van der Waals surface area contributed by atoms with Gasteiger partial charge in [-0.15, -0.1) is 0 Å². The molecule has 6 radical (unpaired) electrons. The zero-order valence-corrected chi connectivity index (χ0v) is 24.6. The molecule has 0 amide bonds. The zero-order valence-electron chi connectivity index (χ0n) is 24.6. The van der Waals surface area contributed by atoms with Crippen LogP contribution in [-0.2, 0) is 19.6 Å². The molecule has 218 valence electrons. The van der Waals surface area contributed by atoms with Gasteiger partial charge < -0.3 is 29.4 Å². The molecule has 7 heteroatoms. The van der Waals surface area contributed by atoms with Crippen LogP contribution in [0.4, 0.5) is 0 Å². The summed E-state index contributed by atoms with van der Waals surface area (Å²) >= 11 is 0. The number of hydrogen-bond donors (Lipinski definition) is 0. The molecule has 0 atom stereocenters. The minimum Gasteiger partial charge on any atom is -0.345 e. The molecule has 0 spiro atoms. The molecule has 0 saturated carbocycles. The first-order chi connectivity index (χ1) is 21.2. The zero-order chi connectivity index (χ0) is 29.1. The van der Waals surface area contributed by atoms with Crippen LogP contribution in [0.1, 0.15) is 16.7 Å². The van der Waals surface area contributed by atoms with Crippen molar-refractivity contribution in [2.45, 2.75) is 19.6 Å². The molecule has 0 bridgehead atoms. The Morgan fingerprint density at radius 3 is 0.953 bits per heavy atom. The van der Waals surface area contributed by atoms with E-state index in [1.165, 1.54) is 16.7 Å². The second-order valence-electron chi connectivity index (χ2n) is 11.0. The minimum absolute atomic E-state index is 0.830. The van der Waals surface area contributed by atoms with Gasteiger partial charge in [0.1, 0.15) is 0 Å². The molecule has 0 N–H and O–H groups in total. The topological polar surface area (TPSA) is 22.7 Å². The van der Waals surface area contributed by atoms with Crippen LogP contribution in [0.25, 0.3) is 0 Å². The average Bonchev–Trinajstić information content (AvgIpc) is 3.80. The molecule has 0 saturated heterocycles. The van der Waals surface area contributed by atoms with E-state index in [1.54, 1.807) is 0 Å². The van der Waals surface area contributed by atoms with E-state index in [9.17, 15) is 0 Å². The van der Waals surface area contributed by atoms with E-state index >= 15 is 0 Å². The van der Waals surface area contributed by atoms with Crippen LogP contribution >= 0.6 is 0 Å². The predicted molar refractivity (Wildman–Crippen MR) is 170 cm³/mol. The van der Waals surface area contributed by atoms with Crippen LogP contribution in [0.3, 0.4) is 0 Å². The molecular formula is C36H39N7.